The molecule has 1 aromatic carbocycles. The molecule has 1 heterocycles. The zero-order valence-electron chi connectivity index (χ0n) is 10.8. The summed E-state index contributed by atoms with van der Waals surface area (Å²) in [7, 11) is 0. The summed E-state index contributed by atoms with van der Waals surface area (Å²) >= 11 is 0. The highest BCUT2D eigenvalue weighted by molar-refractivity contribution is 5.34. The van der Waals surface area contributed by atoms with Gasteiger partial charge in [-0.25, -0.2) is 4.39 Å². The van der Waals surface area contributed by atoms with Crippen molar-refractivity contribution in [2.45, 2.75) is 25.7 Å². The molecule has 4 nitrogen and oxygen atoms in total. The summed E-state index contributed by atoms with van der Waals surface area (Å²) in [5.41, 5.74) is 0.959. The second-order valence-corrected chi connectivity index (χ2v) is 4.87. The molecule has 2 atom stereocenters. The third kappa shape index (κ3) is 3.51. The highest BCUT2D eigenvalue weighted by atomic mass is 19.1. The quantitative estimate of drug-likeness (QED) is 0.893. The summed E-state index contributed by atoms with van der Waals surface area (Å²) in [6.45, 7) is 3.98. The Hall–Kier alpha value is -1.48. The molecular formula is C14H17FN2O2. The van der Waals surface area contributed by atoms with E-state index in [9.17, 15) is 4.39 Å². The first kappa shape index (κ1) is 13.9. The van der Waals surface area contributed by atoms with Crippen molar-refractivity contribution in [3.05, 3.63) is 35.1 Å². The normalized spacial score (nSPS) is 24.1. The van der Waals surface area contributed by atoms with E-state index in [0.717, 1.165) is 12.1 Å². The molecule has 102 valence electrons. The number of nitriles is 1. The first-order valence-electron chi connectivity index (χ1n) is 6.29. The minimum absolute atomic E-state index is 0.00625. The number of aliphatic hydroxyl groups excluding tert-OH is 1. The van der Waals surface area contributed by atoms with Crippen molar-refractivity contribution in [2.24, 2.45) is 0 Å². The lowest BCUT2D eigenvalue weighted by Crippen LogP contribution is -2.47. The SMILES string of the molecule is CC1CN(Cc2ccc(F)c(C#N)c2)CC(CO)O1. The second kappa shape index (κ2) is 6.11. The van der Waals surface area contributed by atoms with Crippen molar-refractivity contribution in [2.75, 3.05) is 19.7 Å². The monoisotopic (exact) mass is 264 g/mol. The van der Waals surface area contributed by atoms with E-state index in [4.69, 9.17) is 15.1 Å². The molecule has 0 bridgehead atoms. The highest BCUT2D eigenvalue weighted by Gasteiger charge is 2.24. The van der Waals surface area contributed by atoms with Gasteiger partial charge in [0.2, 0.25) is 0 Å². The number of rotatable bonds is 3. The van der Waals surface area contributed by atoms with Gasteiger partial charge in [-0.1, -0.05) is 6.07 Å². The summed E-state index contributed by atoms with van der Waals surface area (Å²) in [5, 5.41) is 18.0. The van der Waals surface area contributed by atoms with E-state index in [2.05, 4.69) is 4.90 Å². The number of benzene rings is 1. The van der Waals surface area contributed by atoms with Crippen molar-refractivity contribution in [3.8, 4) is 6.07 Å². The van der Waals surface area contributed by atoms with Crippen LogP contribution in [-0.2, 0) is 11.3 Å². The van der Waals surface area contributed by atoms with E-state index in [1.807, 2.05) is 13.0 Å². The molecule has 0 amide bonds. The van der Waals surface area contributed by atoms with Gasteiger partial charge in [-0.15, -0.1) is 0 Å². The summed E-state index contributed by atoms with van der Waals surface area (Å²) in [5.74, 6) is -0.491. The van der Waals surface area contributed by atoms with Gasteiger partial charge < -0.3 is 9.84 Å². The van der Waals surface area contributed by atoms with Gasteiger partial charge in [0.1, 0.15) is 11.9 Å². The summed E-state index contributed by atoms with van der Waals surface area (Å²) in [4.78, 5) is 2.14. The second-order valence-electron chi connectivity index (χ2n) is 4.87. The molecule has 0 radical (unpaired) electrons. The summed E-state index contributed by atoms with van der Waals surface area (Å²) < 4.78 is 18.8. The van der Waals surface area contributed by atoms with Gasteiger partial charge in [0.15, 0.2) is 0 Å². The van der Waals surface area contributed by atoms with E-state index in [1.165, 1.54) is 6.07 Å². The van der Waals surface area contributed by atoms with Crippen molar-refractivity contribution in [1.82, 2.24) is 4.90 Å². The molecule has 19 heavy (non-hydrogen) atoms. The first-order chi connectivity index (χ1) is 9.12. The van der Waals surface area contributed by atoms with Crippen molar-refractivity contribution < 1.29 is 14.2 Å². The largest absolute Gasteiger partial charge is 0.394 e. The number of hydrogen-bond acceptors (Lipinski definition) is 4. The minimum atomic E-state index is -0.491. The average molecular weight is 264 g/mol. The molecule has 0 aromatic heterocycles. The van der Waals surface area contributed by atoms with E-state index in [-0.39, 0.29) is 24.4 Å². The molecule has 1 N–H and O–H groups in total. The molecule has 1 fully saturated rings. The minimum Gasteiger partial charge on any atom is -0.394 e. The topological polar surface area (TPSA) is 56.5 Å². The zero-order chi connectivity index (χ0) is 13.8. The number of aliphatic hydroxyl groups is 1. The van der Waals surface area contributed by atoms with Crippen molar-refractivity contribution in [1.29, 1.82) is 5.26 Å². The van der Waals surface area contributed by atoms with Gasteiger partial charge in [-0.2, -0.15) is 5.26 Å². The van der Waals surface area contributed by atoms with Crippen LogP contribution in [0.2, 0.25) is 0 Å². The molecule has 0 saturated carbocycles. The predicted octanol–water partition coefficient (Wildman–Crippen LogP) is 1.28. The van der Waals surface area contributed by atoms with E-state index in [0.29, 0.717) is 13.1 Å². The van der Waals surface area contributed by atoms with Crippen molar-refractivity contribution >= 4 is 0 Å². The maximum atomic E-state index is 13.2. The lowest BCUT2D eigenvalue weighted by atomic mass is 10.1. The van der Waals surface area contributed by atoms with Crippen LogP contribution in [0, 0.1) is 17.1 Å². The molecule has 2 rings (SSSR count). The molecule has 1 aromatic rings. The average Bonchev–Trinajstić information content (AvgIpc) is 2.40. The molecule has 5 heteroatoms. The zero-order valence-corrected chi connectivity index (χ0v) is 10.8. The van der Waals surface area contributed by atoms with Gasteiger partial charge in [0.25, 0.3) is 0 Å². The van der Waals surface area contributed by atoms with Crippen LogP contribution >= 0.6 is 0 Å². The predicted molar refractivity (Wildman–Crippen MR) is 67.8 cm³/mol. The smallest absolute Gasteiger partial charge is 0.140 e. The molecule has 1 aliphatic heterocycles. The van der Waals surface area contributed by atoms with Crippen LogP contribution in [0.25, 0.3) is 0 Å². The van der Waals surface area contributed by atoms with Crippen molar-refractivity contribution in [3.63, 3.8) is 0 Å². The van der Waals surface area contributed by atoms with Gasteiger partial charge in [0.05, 0.1) is 24.4 Å². The standard InChI is InChI=1S/C14H17FN2O2/c1-10-6-17(8-13(9-18)19-10)7-11-2-3-14(15)12(4-11)5-16/h2-4,10,13,18H,6-9H2,1H3. The van der Waals surface area contributed by atoms with Gasteiger partial charge >= 0.3 is 0 Å². The molecule has 1 aliphatic rings. The third-order valence-electron chi connectivity index (χ3n) is 3.16. The lowest BCUT2D eigenvalue weighted by Gasteiger charge is -2.36. The Morgan fingerprint density at radius 1 is 1.53 bits per heavy atom. The summed E-state index contributed by atoms with van der Waals surface area (Å²) in [6, 6.07) is 6.42. The van der Waals surface area contributed by atoms with E-state index < -0.39 is 5.82 Å². The molecule has 1 saturated heterocycles. The first-order valence-corrected chi connectivity index (χ1v) is 6.29. The Bertz CT molecular complexity index is 487. The van der Waals surface area contributed by atoms with Gasteiger partial charge in [0, 0.05) is 19.6 Å². The Morgan fingerprint density at radius 3 is 3.00 bits per heavy atom. The van der Waals surface area contributed by atoms with E-state index >= 15 is 0 Å². The number of morpholine rings is 1. The number of nitrogens with zero attached hydrogens (tertiary/aromatic N) is 2. The Kier molecular flexibility index (Phi) is 4.48. The van der Waals surface area contributed by atoms with Gasteiger partial charge in [-0.05, 0) is 24.6 Å². The molecule has 0 aliphatic carbocycles. The summed E-state index contributed by atoms with van der Waals surface area (Å²) in [6.07, 6.45) is -0.124. The van der Waals surface area contributed by atoms with Crippen LogP contribution < -0.4 is 0 Å². The van der Waals surface area contributed by atoms with Crippen LogP contribution in [0.4, 0.5) is 4.39 Å². The fourth-order valence-corrected chi connectivity index (χ4v) is 2.39. The number of hydrogen-bond donors (Lipinski definition) is 1. The van der Waals surface area contributed by atoms with Crippen LogP contribution in [0.1, 0.15) is 18.1 Å². The van der Waals surface area contributed by atoms with E-state index in [1.54, 1.807) is 12.1 Å². The van der Waals surface area contributed by atoms with Crippen LogP contribution in [0.3, 0.4) is 0 Å². The van der Waals surface area contributed by atoms with Crippen LogP contribution in [0.5, 0.6) is 0 Å². The third-order valence-corrected chi connectivity index (χ3v) is 3.16. The fourth-order valence-electron chi connectivity index (χ4n) is 2.39. The van der Waals surface area contributed by atoms with Crippen LogP contribution in [0.15, 0.2) is 18.2 Å². The Morgan fingerprint density at radius 2 is 2.32 bits per heavy atom. The maximum Gasteiger partial charge on any atom is 0.140 e. The number of ether oxygens (including phenoxy) is 1. The highest BCUT2D eigenvalue weighted by Crippen LogP contribution is 2.16. The Labute approximate surface area is 112 Å². The lowest BCUT2D eigenvalue weighted by molar-refractivity contribution is -0.0972. The van der Waals surface area contributed by atoms with Gasteiger partial charge in [-0.3, -0.25) is 4.90 Å². The fraction of sp³-hybridized carbons (Fsp3) is 0.500. The molecule has 0 spiro atoms. The Balaban J connectivity index is 2.06. The van der Waals surface area contributed by atoms with Crippen LogP contribution in [-0.4, -0.2) is 41.9 Å². The molecule has 2 unspecified atom stereocenters. The maximum absolute atomic E-state index is 13.2. The molecular weight excluding hydrogens is 247 g/mol. The number of halogens is 1.